The average molecular weight is 1790 g/mol. The van der Waals surface area contributed by atoms with Crippen LogP contribution < -0.4 is 34.0 Å². The Hall–Kier alpha value is -15.2. The zero-order valence-corrected chi connectivity index (χ0v) is 74.4. The van der Waals surface area contributed by atoms with Gasteiger partial charge in [-0.05, 0) is 142 Å². The topological polar surface area (TPSA) is 322 Å². The molecule has 19 heterocycles. The number of benzene rings is 6. The molecule has 31 heteroatoms. The van der Waals surface area contributed by atoms with Crippen LogP contribution in [0.5, 0.6) is 11.5 Å². The van der Waals surface area contributed by atoms with E-state index in [0.717, 1.165) is 228 Å². The van der Waals surface area contributed by atoms with E-state index in [2.05, 4.69) is 107 Å². The first-order valence-corrected chi connectivity index (χ1v) is 45.4. The fourth-order valence-corrected chi connectivity index (χ4v) is 18.2. The zero-order chi connectivity index (χ0) is 89.7. The number of methoxy groups -OCH3 is 1. The van der Waals surface area contributed by atoms with Gasteiger partial charge < -0.3 is 70.6 Å². The number of ether oxygens (including phenoxy) is 6. The quantitative estimate of drug-likeness (QED) is 0.0810. The number of thiophene rings is 1. The lowest BCUT2D eigenvalue weighted by Crippen LogP contribution is -2.37. The first-order chi connectivity index (χ1) is 65.5. The van der Waals surface area contributed by atoms with Gasteiger partial charge >= 0.3 is 5.97 Å². The number of anilines is 5. The predicted molar refractivity (Wildman–Crippen MR) is 516 cm³/mol. The number of aromatic nitrogens is 14. The minimum absolute atomic E-state index is 0.367. The molecule has 0 aliphatic carbocycles. The number of para-hydroxylation sites is 1. The fraction of sp³-hybridized carbons (Fsp3) is 0.245. The molecule has 0 bridgehead atoms. The van der Waals surface area contributed by atoms with E-state index in [9.17, 15) is 4.79 Å². The van der Waals surface area contributed by atoms with Gasteiger partial charge in [-0.2, -0.15) is 0 Å². The van der Waals surface area contributed by atoms with Crippen molar-refractivity contribution in [3.05, 3.63) is 236 Å². The van der Waals surface area contributed by atoms with Gasteiger partial charge in [-0.15, -0.1) is 11.3 Å². The van der Waals surface area contributed by atoms with Crippen LogP contribution in [-0.4, -0.2) is 201 Å². The van der Waals surface area contributed by atoms with Crippen molar-refractivity contribution in [1.82, 2.24) is 69.8 Å². The highest BCUT2D eigenvalue weighted by Gasteiger charge is 2.30. The summed E-state index contributed by atoms with van der Waals surface area (Å²) in [5, 5.41) is 4.78. The van der Waals surface area contributed by atoms with Gasteiger partial charge in [0.1, 0.15) is 44.0 Å². The fourth-order valence-electron chi connectivity index (χ4n) is 17.1. The first-order valence-electron chi connectivity index (χ1n) is 44.6. The second-order valence-corrected chi connectivity index (χ2v) is 33.6. The third kappa shape index (κ3) is 17.9. The van der Waals surface area contributed by atoms with Crippen LogP contribution in [0.2, 0.25) is 0 Å². The number of fused-ring (bicyclic) bond motifs is 15. The number of carbonyl (C=O) groups excluding carboxylic acids is 1. The molecule has 0 atom stereocenters. The molecule has 0 amide bonds. The van der Waals surface area contributed by atoms with Crippen molar-refractivity contribution in [2.24, 2.45) is 0 Å². The predicted octanol–water partition coefficient (Wildman–Crippen LogP) is 19.2. The summed E-state index contributed by atoms with van der Waals surface area (Å²) in [5.41, 5.74) is 16.7. The maximum absolute atomic E-state index is 11.3. The summed E-state index contributed by atoms with van der Waals surface area (Å²) in [6.45, 7) is 19.3. The molecule has 133 heavy (non-hydrogen) atoms. The smallest absolute Gasteiger partial charge is 0.308 e. The largest absolute Gasteiger partial charge is 0.497 e. The van der Waals surface area contributed by atoms with Crippen molar-refractivity contribution >= 4 is 155 Å². The summed E-state index contributed by atoms with van der Waals surface area (Å²) in [4.78, 5) is 89.7. The van der Waals surface area contributed by atoms with Gasteiger partial charge in [0.05, 0.1) is 86.3 Å². The lowest BCUT2D eigenvalue weighted by atomic mass is 10.1. The highest BCUT2D eigenvalue weighted by molar-refractivity contribution is 7.26. The summed E-state index contributed by atoms with van der Waals surface area (Å²) < 4.78 is 57.8. The number of rotatable bonds is 12. The Kier molecular flexibility index (Phi) is 24.3. The second-order valence-electron chi connectivity index (χ2n) is 32.6. The molecule has 0 saturated carbocycles. The van der Waals surface area contributed by atoms with Gasteiger partial charge in [-0.3, -0.25) is 4.79 Å². The van der Waals surface area contributed by atoms with Crippen molar-refractivity contribution in [3.8, 4) is 68.4 Å². The van der Waals surface area contributed by atoms with Gasteiger partial charge in [0.15, 0.2) is 80.5 Å². The minimum Gasteiger partial charge on any atom is -0.497 e. The van der Waals surface area contributed by atoms with E-state index in [0.29, 0.717) is 96.8 Å². The third-order valence-electron chi connectivity index (χ3n) is 23.7. The molecular weight excluding hydrogens is 1700 g/mol. The van der Waals surface area contributed by atoms with Crippen molar-refractivity contribution in [2.75, 3.05) is 150 Å². The van der Waals surface area contributed by atoms with E-state index in [1.165, 1.54) is 37.3 Å². The Morgan fingerprint density at radius 3 is 1.16 bits per heavy atom. The molecule has 666 valence electrons. The number of piperidine rings is 1. The summed E-state index contributed by atoms with van der Waals surface area (Å²) >= 11 is 1.67. The molecule has 5 aliphatic heterocycles. The Morgan fingerprint density at radius 2 is 0.692 bits per heavy atom. The second kappa shape index (κ2) is 38.1. The molecule has 14 aromatic heterocycles. The molecule has 5 fully saturated rings. The van der Waals surface area contributed by atoms with Crippen LogP contribution in [0.4, 0.5) is 29.1 Å². The maximum Gasteiger partial charge on any atom is 0.308 e. The molecule has 0 spiro atoms. The van der Waals surface area contributed by atoms with Crippen LogP contribution in [0.3, 0.4) is 0 Å². The molecule has 0 radical (unpaired) electrons. The summed E-state index contributed by atoms with van der Waals surface area (Å²) in [7, 11) is 1.65. The van der Waals surface area contributed by atoms with Crippen molar-refractivity contribution in [3.63, 3.8) is 0 Å². The van der Waals surface area contributed by atoms with E-state index >= 15 is 0 Å². The first kappa shape index (κ1) is 84.7. The molecule has 5 saturated heterocycles. The van der Waals surface area contributed by atoms with E-state index in [4.69, 9.17) is 95.9 Å². The Bertz CT molecular complexity index is 7460. The lowest BCUT2D eigenvalue weighted by molar-refractivity contribution is -0.131. The summed E-state index contributed by atoms with van der Waals surface area (Å²) in [6.07, 6.45) is 10.7. The van der Waals surface area contributed by atoms with E-state index in [1.54, 1.807) is 49.2 Å². The van der Waals surface area contributed by atoms with Crippen molar-refractivity contribution in [2.45, 2.75) is 40.0 Å². The van der Waals surface area contributed by atoms with Gasteiger partial charge in [0, 0.05) is 136 Å². The highest BCUT2D eigenvalue weighted by Crippen LogP contribution is 2.43. The number of hydrogen-bond acceptors (Lipinski definition) is 31. The highest BCUT2D eigenvalue weighted by atomic mass is 32.1. The van der Waals surface area contributed by atoms with Crippen LogP contribution in [0.1, 0.15) is 37.3 Å². The Labute approximate surface area is 766 Å². The minimum atomic E-state index is -0.367. The molecular formula is C102H91N19O11S. The molecule has 0 unspecified atom stereocenters. The number of pyridine rings is 4. The molecule has 6 aromatic carbocycles. The average Bonchev–Trinajstić information content (AvgIpc) is 1.62. The molecule has 20 aromatic rings. The van der Waals surface area contributed by atoms with Crippen LogP contribution in [-0.2, 0) is 23.7 Å². The standard InChI is InChI=1S/C22H19N3O4.C21H20N4O.C20H18N4O3.C20H18N4OS.C19H16N4O2/c1-14(26)28-16-6-4-5-15(13-16)21-23-19-17-7-2-3-8-18(17)29-20(19)22(24-21)25-9-11-27-12-10-25;1-14-7-5-8-15(13-14)19-23-17-16-9-6-10-22-21(16)26-18(17)20(24-19)25-11-3-2-4-12-25;1-25-14-6-4-13(5-7-14)18-22-16-15-3-2-8-21-20(15)27-17(16)19(23-18)24-9-11-26-12-10-24;1-13-4-2-5-14(12-13)18-22-16-15-6-3-7-21-20(15)26-17(16)19(23-18)24-8-10-25-11-9-24;1-2-5-13(6-3-1)17-21-15-14-7-4-8-20-19(14)25-16(15)18(22-17)23-9-11-24-12-10-23/h2-8,13H,9-12H2,1H3;5-10,13H,2-4,11-12H2,1H3;2-8H,9-12H2,1H3;2-7,12H,8-11H2,1H3;1-8H,9-12H2. The monoisotopic (exact) mass is 1790 g/mol. The van der Waals surface area contributed by atoms with E-state index in [1.807, 2.05) is 146 Å². The number of furan rings is 4. The van der Waals surface area contributed by atoms with Crippen LogP contribution in [0.25, 0.3) is 166 Å². The van der Waals surface area contributed by atoms with Crippen LogP contribution in [0.15, 0.2) is 243 Å². The zero-order valence-electron chi connectivity index (χ0n) is 73.6. The normalized spacial score (nSPS) is 14.9. The summed E-state index contributed by atoms with van der Waals surface area (Å²) in [5.74, 6) is 8.54. The van der Waals surface area contributed by atoms with Crippen molar-refractivity contribution < 1.29 is 50.9 Å². The number of carbonyl (C=O) groups is 1. The van der Waals surface area contributed by atoms with Gasteiger partial charge in [0.2, 0.25) is 17.1 Å². The van der Waals surface area contributed by atoms with Crippen molar-refractivity contribution in [1.29, 1.82) is 0 Å². The third-order valence-corrected chi connectivity index (χ3v) is 24.8. The maximum atomic E-state index is 11.3. The molecule has 30 nitrogen and oxygen atoms in total. The number of hydrogen-bond donors (Lipinski definition) is 0. The Morgan fingerprint density at radius 1 is 0.323 bits per heavy atom. The van der Waals surface area contributed by atoms with Crippen LogP contribution >= 0.6 is 11.3 Å². The molecule has 0 N–H and O–H groups in total. The Balaban J connectivity index is 0.000000100. The molecule has 5 aliphatic rings. The number of esters is 1. The lowest BCUT2D eigenvalue weighted by Gasteiger charge is -2.28. The number of morpholine rings is 4. The van der Waals surface area contributed by atoms with Gasteiger partial charge in [-0.25, -0.2) is 69.8 Å². The SMILES string of the molecule is CC(=O)Oc1cccc(-c2nc(N3CCOCC3)c3oc4ccccc4c3n2)c1.COc1ccc(-c2nc(N3CCOCC3)c3oc4ncccc4c3n2)cc1.Cc1cccc(-c2nc(N3CCCCC3)c3oc4ncccc4c3n2)c1.Cc1cccc(-c2nc(N3CCOCC3)c3sc4ncccc4c3n2)c1.c1ccc(-c2nc(N3CCOCC3)c3oc4ncccc4c3n2)cc1. The van der Waals surface area contributed by atoms with E-state index in [-0.39, 0.29) is 5.97 Å². The number of aryl methyl sites for hydroxylation is 2. The van der Waals surface area contributed by atoms with Gasteiger partial charge in [-0.1, -0.05) is 102 Å². The van der Waals surface area contributed by atoms with Crippen LogP contribution in [0, 0.1) is 13.8 Å². The molecule has 25 rings (SSSR count). The number of nitrogens with zero attached hydrogens (tertiary/aromatic N) is 19. The summed E-state index contributed by atoms with van der Waals surface area (Å²) in [6, 6.07) is 65.3. The van der Waals surface area contributed by atoms with E-state index < -0.39 is 0 Å². The van der Waals surface area contributed by atoms with Gasteiger partial charge in [0.25, 0.3) is 0 Å².